The summed E-state index contributed by atoms with van der Waals surface area (Å²) in [5.41, 5.74) is 2.40. The highest BCUT2D eigenvalue weighted by Crippen LogP contribution is 2.30. The summed E-state index contributed by atoms with van der Waals surface area (Å²) in [6.07, 6.45) is 3.75. The maximum absolute atomic E-state index is 4.56. The molecule has 0 N–H and O–H groups in total. The van der Waals surface area contributed by atoms with Crippen molar-refractivity contribution >= 4 is 33.6 Å². The molecule has 0 aliphatic carbocycles. The first kappa shape index (κ1) is 17.6. The Bertz CT molecular complexity index is 842. The molecule has 0 bridgehead atoms. The summed E-state index contributed by atoms with van der Waals surface area (Å²) in [7, 11) is 0. The average Bonchev–Trinajstić information content (AvgIpc) is 3.12. The second kappa shape index (κ2) is 8.27. The first-order valence-electron chi connectivity index (χ1n) is 8.94. The molecule has 1 aliphatic rings. The summed E-state index contributed by atoms with van der Waals surface area (Å²) in [6.45, 7) is 2.11. The Balaban J connectivity index is 1.66. The van der Waals surface area contributed by atoms with Crippen molar-refractivity contribution in [3.05, 3.63) is 64.6 Å². The monoisotopic (exact) mass is 428 g/mol. The molecule has 6 heteroatoms. The van der Waals surface area contributed by atoms with Crippen LogP contribution in [0, 0.1) is 0 Å². The maximum Gasteiger partial charge on any atom is 0.232 e. The minimum atomic E-state index is 0.884. The standard InChI is InChI=1S/C20H21BrN4S/c21-17-9-11-18(12-10-17)25-19(24-13-5-2-6-14-24)22-23-20(25)26-15-16-7-3-1-4-8-16/h1,3-4,7-12H,2,5-6,13-15H2. The quantitative estimate of drug-likeness (QED) is 0.515. The highest BCUT2D eigenvalue weighted by atomic mass is 79.9. The van der Waals surface area contributed by atoms with E-state index in [9.17, 15) is 0 Å². The Hall–Kier alpha value is -1.79. The predicted octanol–water partition coefficient (Wildman–Crippen LogP) is 5.31. The number of halogens is 1. The van der Waals surface area contributed by atoms with E-state index < -0.39 is 0 Å². The normalized spacial score (nSPS) is 14.6. The van der Waals surface area contributed by atoms with Crippen molar-refractivity contribution in [2.75, 3.05) is 18.0 Å². The molecule has 4 rings (SSSR count). The van der Waals surface area contributed by atoms with Crippen LogP contribution in [0.15, 0.2) is 64.2 Å². The summed E-state index contributed by atoms with van der Waals surface area (Å²) < 4.78 is 3.28. The summed E-state index contributed by atoms with van der Waals surface area (Å²) in [5, 5.41) is 10.0. The second-order valence-corrected chi connectivity index (χ2v) is 8.27. The smallest absolute Gasteiger partial charge is 0.232 e. The molecule has 26 heavy (non-hydrogen) atoms. The molecule has 0 atom stereocenters. The average molecular weight is 429 g/mol. The fourth-order valence-corrected chi connectivity index (χ4v) is 4.36. The molecule has 0 amide bonds. The topological polar surface area (TPSA) is 34.0 Å². The Kier molecular flexibility index (Phi) is 5.60. The van der Waals surface area contributed by atoms with Crippen molar-refractivity contribution < 1.29 is 0 Å². The summed E-state index contributed by atoms with van der Waals surface area (Å²) in [5.74, 6) is 1.85. The van der Waals surface area contributed by atoms with Gasteiger partial charge in [-0.15, -0.1) is 10.2 Å². The summed E-state index contributed by atoms with van der Waals surface area (Å²) in [6, 6.07) is 18.9. The van der Waals surface area contributed by atoms with Crippen LogP contribution in [-0.4, -0.2) is 27.9 Å². The molecule has 1 fully saturated rings. The fourth-order valence-electron chi connectivity index (χ4n) is 3.19. The predicted molar refractivity (Wildman–Crippen MR) is 111 cm³/mol. The number of hydrogen-bond acceptors (Lipinski definition) is 4. The van der Waals surface area contributed by atoms with E-state index >= 15 is 0 Å². The van der Waals surface area contributed by atoms with Crippen LogP contribution in [0.1, 0.15) is 24.8 Å². The molecule has 0 saturated carbocycles. The molecular formula is C20H21BrN4S. The molecule has 0 unspecified atom stereocenters. The summed E-state index contributed by atoms with van der Waals surface area (Å²) in [4.78, 5) is 2.37. The van der Waals surface area contributed by atoms with E-state index in [1.165, 1.54) is 24.8 Å². The van der Waals surface area contributed by atoms with Gasteiger partial charge in [0.15, 0.2) is 5.16 Å². The van der Waals surface area contributed by atoms with Gasteiger partial charge in [-0.3, -0.25) is 4.57 Å². The third-order valence-electron chi connectivity index (χ3n) is 4.55. The Morgan fingerprint density at radius 2 is 1.62 bits per heavy atom. The third kappa shape index (κ3) is 3.96. The molecule has 0 spiro atoms. The van der Waals surface area contributed by atoms with Crippen LogP contribution in [0.5, 0.6) is 0 Å². The van der Waals surface area contributed by atoms with E-state index in [2.05, 4.69) is 84.1 Å². The molecule has 2 heterocycles. The first-order chi connectivity index (χ1) is 12.8. The van der Waals surface area contributed by atoms with Gasteiger partial charge in [-0.1, -0.05) is 58.0 Å². The second-order valence-electron chi connectivity index (χ2n) is 6.42. The number of piperidine rings is 1. The zero-order valence-electron chi connectivity index (χ0n) is 14.5. The van der Waals surface area contributed by atoms with Crippen LogP contribution in [0.3, 0.4) is 0 Å². The van der Waals surface area contributed by atoms with Gasteiger partial charge in [0.05, 0.1) is 5.69 Å². The molecule has 0 radical (unpaired) electrons. The van der Waals surface area contributed by atoms with Gasteiger partial charge in [0, 0.05) is 23.3 Å². The summed E-state index contributed by atoms with van der Waals surface area (Å²) >= 11 is 5.26. The van der Waals surface area contributed by atoms with Crippen LogP contribution >= 0.6 is 27.7 Å². The van der Waals surface area contributed by atoms with E-state index in [-0.39, 0.29) is 0 Å². The van der Waals surface area contributed by atoms with E-state index in [1.54, 1.807) is 11.8 Å². The van der Waals surface area contributed by atoms with E-state index in [1.807, 2.05) is 6.07 Å². The number of nitrogens with zero attached hydrogens (tertiary/aromatic N) is 4. The van der Waals surface area contributed by atoms with Crippen LogP contribution in [0.2, 0.25) is 0 Å². The number of anilines is 1. The number of rotatable bonds is 5. The van der Waals surface area contributed by atoms with Gasteiger partial charge in [0.25, 0.3) is 0 Å². The van der Waals surface area contributed by atoms with Gasteiger partial charge < -0.3 is 4.90 Å². The largest absolute Gasteiger partial charge is 0.341 e. The molecule has 134 valence electrons. The van der Waals surface area contributed by atoms with Crippen LogP contribution < -0.4 is 4.90 Å². The van der Waals surface area contributed by atoms with E-state index in [0.29, 0.717) is 0 Å². The lowest BCUT2D eigenvalue weighted by molar-refractivity contribution is 0.564. The Morgan fingerprint density at radius 3 is 2.35 bits per heavy atom. The van der Waals surface area contributed by atoms with Crippen molar-refractivity contribution in [3.8, 4) is 5.69 Å². The Morgan fingerprint density at radius 1 is 0.885 bits per heavy atom. The maximum atomic E-state index is 4.56. The van der Waals surface area contributed by atoms with Gasteiger partial charge in [-0.2, -0.15) is 0 Å². The van der Waals surface area contributed by atoms with Crippen molar-refractivity contribution in [2.24, 2.45) is 0 Å². The highest BCUT2D eigenvalue weighted by molar-refractivity contribution is 9.10. The number of benzene rings is 2. The van der Waals surface area contributed by atoms with E-state index in [4.69, 9.17) is 0 Å². The molecule has 1 aliphatic heterocycles. The van der Waals surface area contributed by atoms with Crippen molar-refractivity contribution in [3.63, 3.8) is 0 Å². The zero-order valence-corrected chi connectivity index (χ0v) is 16.9. The third-order valence-corrected chi connectivity index (χ3v) is 6.08. The Labute approximate surface area is 166 Å². The number of aromatic nitrogens is 3. The van der Waals surface area contributed by atoms with Crippen molar-refractivity contribution in [1.82, 2.24) is 14.8 Å². The molecule has 1 aromatic heterocycles. The fraction of sp³-hybridized carbons (Fsp3) is 0.300. The minimum Gasteiger partial charge on any atom is -0.341 e. The lowest BCUT2D eigenvalue weighted by Crippen LogP contribution is -2.31. The molecule has 3 aromatic rings. The van der Waals surface area contributed by atoms with Crippen LogP contribution in [-0.2, 0) is 5.75 Å². The number of hydrogen-bond donors (Lipinski definition) is 0. The van der Waals surface area contributed by atoms with Crippen molar-refractivity contribution in [2.45, 2.75) is 30.2 Å². The number of thioether (sulfide) groups is 1. The van der Waals surface area contributed by atoms with Gasteiger partial charge >= 0.3 is 0 Å². The zero-order chi connectivity index (χ0) is 17.8. The lowest BCUT2D eigenvalue weighted by atomic mass is 10.1. The van der Waals surface area contributed by atoms with Gasteiger partial charge in [0.1, 0.15) is 0 Å². The first-order valence-corrected chi connectivity index (χ1v) is 10.7. The molecule has 2 aromatic carbocycles. The van der Waals surface area contributed by atoms with Crippen molar-refractivity contribution in [1.29, 1.82) is 0 Å². The van der Waals surface area contributed by atoms with Crippen LogP contribution in [0.4, 0.5) is 5.95 Å². The molecule has 1 saturated heterocycles. The van der Waals surface area contributed by atoms with Gasteiger partial charge in [-0.05, 0) is 49.1 Å². The van der Waals surface area contributed by atoms with E-state index in [0.717, 1.165) is 40.1 Å². The molecule has 4 nitrogen and oxygen atoms in total. The SMILES string of the molecule is Brc1ccc(-n2c(SCc3ccccc3)nnc2N2CCCCC2)cc1. The lowest BCUT2D eigenvalue weighted by Gasteiger charge is -2.27. The van der Waals surface area contributed by atoms with Gasteiger partial charge in [0.2, 0.25) is 5.95 Å². The minimum absolute atomic E-state index is 0.884. The molecular weight excluding hydrogens is 408 g/mol. The van der Waals surface area contributed by atoms with Gasteiger partial charge in [-0.25, -0.2) is 0 Å². The highest BCUT2D eigenvalue weighted by Gasteiger charge is 2.21. The van der Waals surface area contributed by atoms with Crippen LogP contribution in [0.25, 0.3) is 5.69 Å².